The van der Waals surface area contributed by atoms with E-state index in [4.69, 9.17) is 0 Å². The lowest BCUT2D eigenvalue weighted by atomic mass is 10.1. The first-order chi connectivity index (χ1) is 14.6. The van der Waals surface area contributed by atoms with Crippen molar-refractivity contribution in [1.82, 2.24) is 4.90 Å². The molecule has 1 amide bonds. The Hall–Kier alpha value is -2.61. The van der Waals surface area contributed by atoms with Crippen molar-refractivity contribution < 1.29 is 17.6 Å². The number of carbonyl (C=O) groups excluding carboxylic acids is 1. The number of benzene rings is 2. The van der Waals surface area contributed by atoms with Gasteiger partial charge in [-0.05, 0) is 55.7 Å². The Morgan fingerprint density at radius 3 is 2.23 bits per heavy atom. The topological polar surface area (TPSA) is 60.9 Å². The maximum atomic E-state index is 14.0. The number of hydrogen-bond acceptors (Lipinski definition) is 4. The van der Waals surface area contributed by atoms with Crippen LogP contribution in [0.4, 0.5) is 15.8 Å². The first-order valence-electron chi connectivity index (χ1n) is 10.5. The average Bonchev–Trinajstić information content (AvgIpc) is 2.70. The lowest BCUT2D eigenvalue weighted by Crippen LogP contribution is -2.49. The van der Waals surface area contributed by atoms with E-state index in [1.807, 2.05) is 36.9 Å². The van der Waals surface area contributed by atoms with Crippen LogP contribution in [-0.2, 0) is 14.8 Å². The van der Waals surface area contributed by atoms with Crippen molar-refractivity contribution in [3.63, 3.8) is 0 Å². The fourth-order valence-corrected chi connectivity index (χ4v) is 4.97. The summed E-state index contributed by atoms with van der Waals surface area (Å²) in [5.74, 6) is -0.253. The van der Waals surface area contributed by atoms with Gasteiger partial charge < -0.3 is 9.80 Å². The minimum Gasteiger partial charge on any atom is -0.366 e. The lowest BCUT2D eigenvalue weighted by molar-refractivity contribution is -0.131. The van der Waals surface area contributed by atoms with Crippen LogP contribution in [0.5, 0.6) is 0 Å². The van der Waals surface area contributed by atoms with Gasteiger partial charge in [-0.25, -0.2) is 12.8 Å². The molecule has 1 aliphatic rings. The van der Waals surface area contributed by atoms with E-state index in [2.05, 4.69) is 0 Å². The van der Waals surface area contributed by atoms with Gasteiger partial charge in [0.1, 0.15) is 5.82 Å². The zero-order valence-electron chi connectivity index (χ0n) is 18.3. The van der Waals surface area contributed by atoms with Gasteiger partial charge in [0, 0.05) is 39.1 Å². The Morgan fingerprint density at radius 1 is 1.03 bits per heavy atom. The summed E-state index contributed by atoms with van der Waals surface area (Å²) in [5, 5.41) is 0. The Balaban J connectivity index is 1.55. The quantitative estimate of drug-likeness (QED) is 0.653. The highest BCUT2D eigenvalue weighted by molar-refractivity contribution is 7.92. The van der Waals surface area contributed by atoms with Gasteiger partial charge in [-0.15, -0.1) is 0 Å². The molecule has 0 aromatic heterocycles. The van der Waals surface area contributed by atoms with Crippen LogP contribution < -0.4 is 9.21 Å². The highest BCUT2D eigenvalue weighted by atomic mass is 32.2. The van der Waals surface area contributed by atoms with Gasteiger partial charge in [0.05, 0.1) is 17.6 Å². The van der Waals surface area contributed by atoms with Gasteiger partial charge in [0.2, 0.25) is 15.9 Å². The van der Waals surface area contributed by atoms with E-state index < -0.39 is 10.0 Å². The summed E-state index contributed by atoms with van der Waals surface area (Å²) >= 11 is 0. The molecule has 168 valence electrons. The molecule has 0 aliphatic carbocycles. The largest absolute Gasteiger partial charge is 0.366 e. The zero-order valence-corrected chi connectivity index (χ0v) is 19.2. The molecule has 1 aliphatic heterocycles. The van der Waals surface area contributed by atoms with Gasteiger partial charge in [-0.3, -0.25) is 9.10 Å². The van der Waals surface area contributed by atoms with Crippen LogP contribution >= 0.6 is 0 Å². The fraction of sp³-hybridized carbons (Fsp3) is 0.435. The molecule has 0 radical (unpaired) electrons. The van der Waals surface area contributed by atoms with Gasteiger partial charge in [0.25, 0.3) is 0 Å². The van der Waals surface area contributed by atoms with Crippen molar-refractivity contribution >= 4 is 27.3 Å². The van der Waals surface area contributed by atoms with Crippen LogP contribution in [0.3, 0.4) is 0 Å². The number of piperazine rings is 1. The van der Waals surface area contributed by atoms with Crippen molar-refractivity contribution in [3.8, 4) is 0 Å². The van der Waals surface area contributed by atoms with E-state index in [-0.39, 0.29) is 24.7 Å². The van der Waals surface area contributed by atoms with Gasteiger partial charge in [0.15, 0.2) is 0 Å². The molecular weight excluding hydrogens is 417 g/mol. The Kier molecular flexibility index (Phi) is 7.20. The van der Waals surface area contributed by atoms with E-state index in [1.165, 1.54) is 16.6 Å². The van der Waals surface area contributed by atoms with E-state index >= 15 is 0 Å². The molecule has 0 atom stereocenters. The molecule has 2 aromatic rings. The monoisotopic (exact) mass is 447 g/mol. The normalized spacial score (nSPS) is 14.6. The maximum Gasteiger partial charge on any atom is 0.232 e. The number of anilines is 2. The third-order valence-electron chi connectivity index (χ3n) is 5.47. The number of halogens is 1. The molecule has 1 saturated heterocycles. The minimum atomic E-state index is -3.45. The molecule has 0 unspecified atom stereocenters. The van der Waals surface area contributed by atoms with Crippen molar-refractivity contribution in [2.75, 3.05) is 48.2 Å². The van der Waals surface area contributed by atoms with Crippen molar-refractivity contribution in [2.24, 2.45) is 0 Å². The molecule has 0 saturated carbocycles. The number of amides is 1. The highest BCUT2D eigenvalue weighted by Gasteiger charge is 2.23. The van der Waals surface area contributed by atoms with E-state index in [9.17, 15) is 17.6 Å². The van der Waals surface area contributed by atoms with Crippen molar-refractivity contribution in [1.29, 1.82) is 0 Å². The van der Waals surface area contributed by atoms with Crippen LogP contribution in [0.1, 0.15) is 24.0 Å². The molecule has 0 bridgehead atoms. The Bertz CT molecular complexity index is 1010. The minimum absolute atomic E-state index is 0.00191. The van der Waals surface area contributed by atoms with E-state index in [0.717, 1.165) is 11.1 Å². The predicted octanol–water partition coefficient (Wildman–Crippen LogP) is 3.34. The standard InChI is InChI=1S/C23H30FN3O3S/c1-18-15-19(2)17-20(16-18)27(31(3,29)30)10-6-9-23(28)26-13-11-25(12-14-26)22-8-5-4-7-21(22)24/h4-5,7-8,15-17H,6,9-14H2,1-3H3. The second-order valence-electron chi connectivity index (χ2n) is 8.10. The summed E-state index contributed by atoms with van der Waals surface area (Å²) in [7, 11) is -3.45. The summed E-state index contributed by atoms with van der Waals surface area (Å²) < 4.78 is 40.0. The number of para-hydroxylation sites is 1. The first-order valence-corrected chi connectivity index (χ1v) is 12.3. The zero-order chi connectivity index (χ0) is 22.6. The van der Waals surface area contributed by atoms with Gasteiger partial charge >= 0.3 is 0 Å². The molecule has 0 N–H and O–H groups in total. The average molecular weight is 448 g/mol. The number of nitrogens with zero attached hydrogens (tertiary/aromatic N) is 3. The summed E-state index contributed by atoms with van der Waals surface area (Å²) in [6.07, 6.45) is 1.90. The van der Waals surface area contributed by atoms with Crippen LogP contribution in [0.15, 0.2) is 42.5 Å². The number of hydrogen-bond donors (Lipinski definition) is 0. The van der Waals surface area contributed by atoms with E-state index in [1.54, 1.807) is 23.1 Å². The smallest absolute Gasteiger partial charge is 0.232 e. The third kappa shape index (κ3) is 5.97. The molecule has 1 heterocycles. The third-order valence-corrected chi connectivity index (χ3v) is 6.67. The molecular formula is C23H30FN3O3S. The maximum absolute atomic E-state index is 14.0. The first kappa shape index (κ1) is 23.1. The molecule has 3 rings (SSSR count). The van der Waals surface area contributed by atoms with Gasteiger partial charge in [-0.1, -0.05) is 18.2 Å². The SMILES string of the molecule is Cc1cc(C)cc(N(CCCC(=O)N2CCN(c3ccccc3F)CC2)S(C)(=O)=O)c1. The Labute approximate surface area is 184 Å². The predicted molar refractivity (Wildman–Crippen MR) is 123 cm³/mol. The van der Waals surface area contributed by atoms with Gasteiger partial charge in [-0.2, -0.15) is 0 Å². The number of carbonyl (C=O) groups is 1. The lowest BCUT2D eigenvalue weighted by Gasteiger charge is -2.36. The molecule has 8 heteroatoms. The molecule has 2 aromatic carbocycles. The summed E-state index contributed by atoms with van der Waals surface area (Å²) in [5.41, 5.74) is 3.18. The van der Waals surface area contributed by atoms with Crippen molar-refractivity contribution in [2.45, 2.75) is 26.7 Å². The second-order valence-corrected chi connectivity index (χ2v) is 10.0. The van der Waals surface area contributed by atoms with Crippen LogP contribution in [0, 0.1) is 19.7 Å². The highest BCUT2D eigenvalue weighted by Crippen LogP contribution is 2.23. The van der Waals surface area contributed by atoms with E-state index in [0.29, 0.717) is 44.0 Å². The second kappa shape index (κ2) is 9.68. The molecule has 6 nitrogen and oxygen atoms in total. The van der Waals surface area contributed by atoms with Crippen LogP contribution in [0.2, 0.25) is 0 Å². The summed E-state index contributed by atoms with van der Waals surface area (Å²) in [6, 6.07) is 12.3. The summed E-state index contributed by atoms with van der Waals surface area (Å²) in [4.78, 5) is 16.4. The van der Waals surface area contributed by atoms with Crippen molar-refractivity contribution in [3.05, 3.63) is 59.4 Å². The molecule has 0 spiro atoms. The molecule has 1 fully saturated rings. The fourth-order valence-electron chi connectivity index (χ4n) is 4.02. The number of rotatable bonds is 7. The molecule has 31 heavy (non-hydrogen) atoms. The Morgan fingerprint density at radius 2 is 1.65 bits per heavy atom. The number of aryl methyl sites for hydroxylation is 2. The van der Waals surface area contributed by atoms with Crippen LogP contribution in [0.25, 0.3) is 0 Å². The summed E-state index contributed by atoms with van der Waals surface area (Å²) in [6.45, 7) is 6.32. The van der Waals surface area contributed by atoms with Crippen LogP contribution in [-0.4, -0.2) is 58.2 Å². The number of sulfonamides is 1.